The third kappa shape index (κ3) is 3.84. The molecule has 5 nitrogen and oxygen atoms in total. The van der Waals surface area contributed by atoms with Crippen LogP contribution in [0.4, 0.5) is 5.95 Å². The summed E-state index contributed by atoms with van der Waals surface area (Å²) in [5.41, 5.74) is 8.25. The molecule has 0 aliphatic heterocycles. The van der Waals surface area contributed by atoms with E-state index in [9.17, 15) is 4.79 Å². The van der Waals surface area contributed by atoms with Crippen molar-refractivity contribution >= 4 is 17.0 Å². The largest absolute Gasteiger partial charge is 0.335 e. The lowest BCUT2D eigenvalue weighted by atomic mass is 9.94. The van der Waals surface area contributed by atoms with Gasteiger partial charge in [0.05, 0.1) is 5.39 Å². The highest BCUT2D eigenvalue weighted by Crippen LogP contribution is 2.33. The quantitative estimate of drug-likeness (QED) is 0.553. The minimum atomic E-state index is -0.0431. The summed E-state index contributed by atoms with van der Waals surface area (Å²) in [6, 6.07) is 4.32. The Hall–Kier alpha value is -3.08. The number of nitrogens with zero attached hydrogens (tertiary/aromatic N) is 4. The lowest BCUT2D eigenvalue weighted by molar-refractivity contribution is 0.754. The molecule has 30 heavy (non-hydrogen) atoms. The van der Waals surface area contributed by atoms with Crippen LogP contribution in [-0.4, -0.2) is 27.2 Å². The van der Waals surface area contributed by atoms with Gasteiger partial charge in [0.2, 0.25) is 5.95 Å². The van der Waals surface area contributed by atoms with Gasteiger partial charge in [-0.1, -0.05) is 42.0 Å². The zero-order chi connectivity index (χ0) is 22.3. The van der Waals surface area contributed by atoms with Crippen LogP contribution >= 0.6 is 0 Å². The van der Waals surface area contributed by atoms with E-state index in [0.717, 1.165) is 33.4 Å². The van der Waals surface area contributed by atoms with Crippen LogP contribution in [0.3, 0.4) is 0 Å². The normalized spacial score (nSPS) is 11.2. The number of fused-ring (bicyclic) bond motifs is 1. The fourth-order valence-electron chi connectivity index (χ4n) is 4.32. The number of hydrogen-bond acceptors (Lipinski definition) is 3. The number of hydrogen-bond donors (Lipinski definition) is 0. The SMILES string of the molecule is C=C(C)CN(CC(=C)C)c1nc2c(c(-c3c(C)cc(C)cc3C)cn2C)c(=O)n1C. The lowest BCUT2D eigenvalue weighted by Crippen LogP contribution is -2.34. The Morgan fingerprint density at radius 3 is 2.07 bits per heavy atom. The molecule has 0 spiro atoms. The van der Waals surface area contributed by atoms with Gasteiger partial charge in [0, 0.05) is 38.9 Å². The molecule has 2 heterocycles. The molecule has 0 aliphatic carbocycles. The van der Waals surface area contributed by atoms with Gasteiger partial charge in [0.1, 0.15) is 5.65 Å². The highest BCUT2D eigenvalue weighted by molar-refractivity contribution is 5.95. The molecule has 0 fully saturated rings. The van der Waals surface area contributed by atoms with Crippen molar-refractivity contribution in [3.63, 3.8) is 0 Å². The maximum atomic E-state index is 13.6. The van der Waals surface area contributed by atoms with Gasteiger partial charge in [-0.25, -0.2) is 0 Å². The van der Waals surface area contributed by atoms with E-state index in [1.165, 1.54) is 5.56 Å². The smallest absolute Gasteiger partial charge is 0.264 e. The van der Waals surface area contributed by atoms with Crippen molar-refractivity contribution in [3.05, 3.63) is 69.7 Å². The van der Waals surface area contributed by atoms with E-state index in [4.69, 9.17) is 4.98 Å². The standard InChI is InChI=1S/C25H32N4O/c1-15(2)12-29(13-16(3)4)25-26-23-22(24(30)28(25)9)20(14-27(23)8)21-18(6)10-17(5)11-19(21)7/h10-11,14H,1,3,12-13H2,2,4-9H3. The molecule has 0 unspecified atom stereocenters. The van der Waals surface area contributed by atoms with Crippen LogP contribution in [0.1, 0.15) is 30.5 Å². The van der Waals surface area contributed by atoms with E-state index < -0.39 is 0 Å². The molecule has 3 rings (SSSR count). The molecule has 0 aliphatic rings. The summed E-state index contributed by atoms with van der Waals surface area (Å²) >= 11 is 0. The fourth-order valence-corrected chi connectivity index (χ4v) is 4.32. The van der Waals surface area contributed by atoms with Crippen molar-refractivity contribution in [1.82, 2.24) is 14.1 Å². The summed E-state index contributed by atoms with van der Waals surface area (Å²) < 4.78 is 3.60. The molecule has 0 bridgehead atoms. The maximum Gasteiger partial charge on any atom is 0.264 e. The summed E-state index contributed by atoms with van der Waals surface area (Å²) in [4.78, 5) is 20.6. The van der Waals surface area contributed by atoms with Crippen molar-refractivity contribution < 1.29 is 0 Å². The average Bonchev–Trinajstić information content (AvgIpc) is 2.92. The van der Waals surface area contributed by atoms with Gasteiger partial charge >= 0.3 is 0 Å². The number of aromatic nitrogens is 3. The van der Waals surface area contributed by atoms with Crippen LogP contribution in [0, 0.1) is 20.8 Å². The predicted octanol–water partition coefficient (Wildman–Crippen LogP) is 4.82. The Morgan fingerprint density at radius 1 is 1.03 bits per heavy atom. The van der Waals surface area contributed by atoms with Crippen LogP contribution in [0.5, 0.6) is 0 Å². The Morgan fingerprint density at radius 2 is 1.57 bits per heavy atom. The van der Waals surface area contributed by atoms with Crippen molar-refractivity contribution in [2.24, 2.45) is 14.1 Å². The minimum absolute atomic E-state index is 0.0431. The molecule has 0 atom stereocenters. The number of benzene rings is 1. The van der Waals surface area contributed by atoms with Crippen LogP contribution in [0.25, 0.3) is 22.2 Å². The van der Waals surface area contributed by atoms with Gasteiger partial charge in [0.15, 0.2) is 0 Å². The van der Waals surface area contributed by atoms with E-state index in [2.05, 4.69) is 51.0 Å². The van der Waals surface area contributed by atoms with E-state index in [1.807, 2.05) is 31.7 Å². The molecule has 0 radical (unpaired) electrons. The molecule has 0 saturated carbocycles. The third-order valence-electron chi connectivity index (χ3n) is 5.32. The minimum Gasteiger partial charge on any atom is -0.335 e. The van der Waals surface area contributed by atoms with Gasteiger partial charge in [0.25, 0.3) is 5.56 Å². The molecule has 158 valence electrons. The first-order chi connectivity index (χ1) is 14.0. The van der Waals surface area contributed by atoms with Gasteiger partial charge in [-0.3, -0.25) is 9.36 Å². The number of anilines is 1. The second kappa shape index (κ2) is 7.98. The summed E-state index contributed by atoms with van der Waals surface area (Å²) in [5, 5.41) is 0.657. The van der Waals surface area contributed by atoms with E-state index in [0.29, 0.717) is 30.1 Å². The van der Waals surface area contributed by atoms with Crippen molar-refractivity contribution in [2.45, 2.75) is 34.6 Å². The highest BCUT2D eigenvalue weighted by atomic mass is 16.1. The zero-order valence-corrected chi connectivity index (χ0v) is 19.3. The van der Waals surface area contributed by atoms with Crippen LogP contribution < -0.4 is 10.5 Å². The molecule has 3 aromatic rings. The molecular weight excluding hydrogens is 372 g/mol. The average molecular weight is 405 g/mol. The van der Waals surface area contributed by atoms with Crippen LogP contribution in [0.2, 0.25) is 0 Å². The third-order valence-corrected chi connectivity index (χ3v) is 5.32. The van der Waals surface area contributed by atoms with E-state index >= 15 is 0 Å². The summed E-state index contributed by atoms with van der Waals surface area (Å²) in [6.07, 6.45) is 2.02. The topological polar surface area (TPSA) is 43.1 Å². The molecular formula is C25H32N4O. The molecule has 5 heteroatoms. The van der Waals surface area contributed by atoms with E-state index in [-0.39, 0.29) is 5.56 Å². The second-order valence-corrected chi connectivity index (χ2v) is 8.67. The molecule has 0 saturated heterocycles. The van der Waals surface area contributed by atoms with Crippen LogP contribution in [0.15, 0.2) is 47.4 Å². The number of aryl methyl sites for hydroxylation is 4. The van der Waals surface area contributed by atoms with Gasteiger partial charge in [-0.2, -0.15) is 4.98 Å². The monoisotopic (exact) mass is 404 g/mol. The van der Waals surface area contributed by atoms with Gasteiger partial charge in [-0.15, -0.1) is 0 Å². The van der Waals surface area contributed by atoms with E-state index in [1.54, 1.807) is 11.6 Å². The Kier molecular flexibility index (Phi) is 5.75. The van der Waals surface area contributed by atoms with Crippen molar-refractivity contribution in [3.8, 4) is 11.1 Å². The highest BCUT2D eigenvalue weighted by Gasteiger charge is 2.22. The predicted molar refractivity (Wildman–Crippen MR) is 127 cm³/mol. The first-order valence-corrected chi connectivity index (χ1v) is 10.2. The van der Waals surface area contributed by atoms with Crippen molar-refractivity contribution in [1.29, 1.82) is 0 Å². The second-order valence-electron chi connectivity index (χ2n) is 8.67. The summed E-state index contributed by atoms with van der Waals surface area (Å²) in [5.74, 6) is 0.628. The fraction of sp³-hybridized carbons (Fsp3) is 0.360. The summed E-state index contributed by atoms with van der Waals surface area (Å²) in [6.45, 7) is 19.6. The van der Waals surface area contributed by atoms with Crippen LogP contribution in [-0.2, 0) is 14.1 Å². The summed E-state index contributed by atoms with van der Waals surface area (Å²) in [7, 11) is 3.74. The Balaban J connectivity index is 2.31. The maximum absolute atomic E-state index is 13.6. The van der Waals surface area contributed by atoms with Gasteiger partial charge < -0.3 is 9.47 Å². The Labute approximate surface area is 179 Å². The molecule has 1 aromatic carbocycles. The molecule has 2 aromatic heterocycles. The molecule has 0 amide bonds. The Bertz CT molecular complexity index is 1190. The number of rotatable bonds is 6. The molecule has 0 N–H and O–H groups in total. The van der Waals surface area contributed by atoms with Gasteiger partial charge in [-0.05, 0) is 51.3 Å². The lowest BCUT2D eigenvalue weighted by Gasteiger charge is -2.25. The first kappa shape index (κ1) is 21.6. The van der Waals surface area contributed by atoms with Crippen molar-refractivity contribution in [2.75, 3.05) is 18.0 Å². The first-order valence-electron chi connectivity index (χ1n) is 10.2. The zero-order valence-electron chi connectivity index (χ0n) is 19.3.